The Balaban J connectivity index is 2.18. The molecule has 2 rings (SSSR count). The molecule has 0 unspecified atom stereocenters. The van der Waals surface area contributed by atoms with Crippen LogP contribution in [0, 0.1) is 0 Å². The lowest BCUT2D eigenvalue weighted by atomic mass is 9.99. The summed E-state index contributed by atoms with van der Waals surface area (Å²) in [4.78, 5) is 0. The first-order valence-corrected chi connectivity index (χ1v) is 8.12. The minimum atomic E-state index is -2.16. The Kier molecular flexibility index (Phi) is 6.36. The van der Waals surface area contributed by atoms with E-state index in [1.54, 1.807) is 0 Å². The molecule has 23 heavy (non-hydrogen) atoms. The maximum Gasteiger partial charge on any atom is 0.224 e. The van der Waals surface area contributed by atoms with Gasteiger partial charge in [-0.25, -0.2) is 0 Å². The molecule has 0 spiro atoms. The number of hydrogen-bond donors (Lipinski definition) is 7. The van der Waals surface area contributed by atoms with E-state index in [2.05, 4.69) is 15.9 Å². The number of aliphatic hydroxyl groups is 7. The number of rotatable bonds is 5. The fraction of sp³-hybridized carbons (Fsp3) is 1.00. The van der Waals surface area contributed by atoms with Gasteiger partial charge in [0.2, 0.25) is 5.79 Å². The molecular formula is C12H21BrO10. The van der Waals surface area contributed by atoms with Gasteiger partial charge in [0.05, 0.1) is 12.7 Å². The third-order valence-corrected chi connectivity index (χ3v) is 4.68. The average molecular weight is 405 g/mol. The van der Waals surface area contributed by atoms with Crippen molar-refractivity contribution in [2.75, 3.05) is 18.5 Å². The second-order valence-corrected chi connectivity index (χ2v) is 6.18. The van der Waals surface area contributed by atoms with Crippen LogP contribution in [0.5, 0.6) is 0 Å². The molecule has 0 aromatic rings. The zero-order valence-electron chi connectivity index (χ0n) is 12.0. The Hall–Kier alpha value is 0.0800. The quantitative estimate of drug-likeness (QED) is 0.224. The first kappa shape index (κ1) is 19.4. The van der Waals surface area contributed by atoms with Crippen LogP contribution >= 0.6 is 15.9 Å². The zero-order chi connectivity index (χ0) is 17.4. The van der Waals surface area contributed by atoms with Crippen molar-refractivity contribution in [3.05, 3.63) is 0 Å². The molecule has 0 saturated carbocycles. The van der Waals surface area contributed by atoms with E-state index < -0.39 is 68.0 Å². The van der Waals surface area contributed by atoms with Crippen LogP contribution in [0.1, 0.15) is 0 Å². The first-order chi connectivity index (χ1) is 10.8. The molecule has 2 aliphatic rings. The second-order valence-electron chi connectivity index (χ2n) is 5.53. The molecular weight excluding hydrogens is 384 g/mol. The molecule has 0 amide bonds. The molecule has 9 atom stereocenters. The summed E-state index contributed by atoms with van der Waals surface area (Å²) in [7, 11) is 0. The number of alkyl halides is 1. The van der Waals surface area contributed by atoms with Crippen molar-refractivity contribution in [3.63, 3.8) is 0 Å². The van der Waals surface area contributed by atoms with Crippen LogP contribution in [0.3, 0.4) is 0 Å². The molecule has 10 nitrogen and oxygen atoms in total. The van der Waals surface area contributed by atoms with Crippen molar-refractivity contribution in [2.24, 2.45) is 0 Å². The summed E-state index contributed by atoms with van der Waals surface area (Å²) in [5.41, 5.74) is 0. The van der Waals surface area contributed by atoms with Crippen molar-refractivity contribution in [1.29, 1.82) is 0 Å². The largest absolute Gasteiger partial charge is 0.394 e. The lowest BCUT2D eigenvalue weighted by Crippen LogP contribution is -2.62. The van der Waals surface area contributed by atoms with Crippen molar-refractivity contribution in [2.45, 2.75) is 54.8 Å². The number of hydrogen-bond acceptors (Lipinski definition) is 10. The third-order valence-electron chi connectivity index (χ3n) is 4.04. The predicted molar refractivity (Wildman–Crippen MR) is 75.3 cm³/mol. The van der Waals surface area contributed by atoms with E-state index in [4.69, 9.17) is 19.3 Å². The van der Waals surface area contributed by atoms with Gasteiger partial charge in [-0.3, -0.25) is 0 Å². The third kappa shape index (κ3) is 3.41. The molecule has 136 valence electrons. The minimum absolute atomic E-state index is 0.120. The van der Waals surface area contributed by atoms with Crippen molar-refractivity contribution in [1.82, 2.24) is 0 Å². The summed E-state index contributed by atoms with van der Waals surface area (Å²) in [5, 5.41) is 68.1. The van der Waals surface area contributed by atoms with Crippen LogP contribution in [0.4, 0.5) is 0 Å². The summed E-state index contributed by atoms with van der Waals surface area (Å²) in [6, 6.07) is 0. The number of ether oxygens (including phenoxy) is 3. The van der Waals surface area contributed by atoms with Gasteiger partial charge in [-0.05, 0) is 0 Å². The Morgan fingerprint density at radius 3 is 2.04 bits per heavy atom. The van der Waals surface area contributed by atoms with E-state index in [1.807, 2.05) is 0 Å². The van der Waals surface area contributed by atoms with Crippen LogP contribution in [0.15, 0.2) is 0 Å². The van der Waals surface area contributed by atoms with Crippen molar-refractivity contribution in [3.8, 4) is 0 Å². The van der Waals surface area contributed by atoms with Gasteiger partial charge in [0.1, 0.15) is 43.2 Å². The highest BCUT2D eigenvalue weighted by atomic mass is 79.9. The van der Waals surface area contributed by atoms with E-state index >= 15 is 0 Å². The minimum Gasteiger partial charge on any atom is -0.394 e. The Morgan fingerprint density at radius 2 is 1.57 bits per heavy atom. The van der Waals surface area contributed by atoms with Crippen LogP contribution in [-0.2, 0) is 14.2 Å². The number of aliphatic hydroxyl groups excluding tert-OH is 7. The molecule has 0 radical (unpaired) electrons. The fourth-order valence-electron chi connectivity index (χ4n) is 2.61. The highest BCUT2D eigenvalue weighted by Crippen LogP contribution is 2.36. The molecule has 0 bridgehead atoms. The zero-order valence-corrected chi connectivity index (χ0v) is 13.6. The molecule has 0 aliphatic carbocycles. The van der Waals surface area contributed by atoms with Crippen LogP contribution in [-0.4, -0.2) is 109 Å². The maximum absolute atomic E-state index is 10.0. The average Bonchev–Trinajstić information content (AvgIpc) is 2.80. The van der Waals surface area contributed by atoms with E-state index in [-0.39, 0.29) is 5.33 Å². The van der Waals surface area contributed by atoms with Gasteiger partial charge in [0, 0.05) is 5.33 Å². The Bertz CT molecular complexity index is 398. The van der Waals surface area contributed by atoms with E-state index in [0.717, 1.165) is 0 Å². The first-order valence-electron chi connectivity index (χ1n) is 7.00. The SMILES string of the molecule is OC[C@H]1O[C@@](CO)(O[C@H]2O[C@H](CBr)[C@@H](O)[C@H](O)[C@H]2O)[C@@H](O)[C@@H]1O. The van der Waals surface area contributed by atoms with Gasteiger partial charge in [-0.1, -0.05) is 15.9 Å². The van der Waals surface area contributed by atoms with Crippen molar-refractivity contribution < 1.29 is 50.0 Å². The highest BCUT2D eigenvalue weighted by molar-refractivity contribution is 9.09. The summed E-state index contributed by atoms with van der Waals surface area (Å²) in [6.07, 6.45) is -11.6. The monoisotopic (exact) mass is 404 g/mol. The van der Waals surface area contributed by atoms with Crippen LogP contribution < -0.4 is 0 Å². The van der Waals surface area contributed by atoms with E-state index in [9.17, 15) is 30.6 Å². The molecule has 0 aromatic carbocycles. The summed E-state index contributed by atoms with van der Waals surface area (Å²) in [5.74, 6) is -2.16. The molecule has 2 fully saturated rings. The Labute approximate surface area is 140 Å². The van der Waals surface area contributed by atoms with Crippen LogP contribution in [0.2, 0.25) is 0 Å². The predicted octanol–water partition coefficient (Wildman–Crippen LogP) is -3.99. The topological polar surface area (TPSA) is 169 Å². The summed E-state index contributed by atoms with van der Waals surface area (Å²) < 4.78 is 15.8. The molecule has 2 saturated heterocycles. The molecule has 11 heteroatoms. The standard InChI is InChI=1S/C12H21BrO10/c13-1-4-6(16)8(18)9(19)11(21-4)23-12(3-15)10(20)7(17)5(2-14)22-12/h4-11,14-20H,1-3H2/t4-,5-,6-,7-,8+,9-,10+,11-,12+/m1/s1. The van der Waals surface area contributed by atoms with Gasteiger partial charge >= 0.3 is 0 Å². The smallest absolute Gasteiger partial charge is 0.224 e. The van der Waals surface area contributed by atoms with E-state index in [0.29, 0.717) is 0 Å². The molecule has 7 N–H and O–H groups in total. The van der Waals surface area contributed by atoms with Gasteiger partial charge < -0.3 is 50.0 Å². The highest BCUT2D eigenvalue weighted by Gasteiger charge is 2.58. The molecule has 0 aromatic heterocycles. The molecule has 2 heterocycles. The lowest BCUT2D eigenvalue weighted by molar-refractivity contribution is -0.380. The van der Waals surface area contributed by atoms with Gasteiger partial charge in [0.25, 0.3) is 0 Å². The van der Waals surface area contributed by atoms with Gasteiger partial charge in [-0.15, -0.1) is 0 Å². The maximum atomic E-state index is 10.0. The Morgan fingerprint density at radius 1 is 0.913 bits per heavy atom. The lowest BCUT2D eigenvalue weighted by Gasteiger charge is -2.43. The number of halogens is 1. The van der Waals surface area contributed by atoms with Crippen molar-refractivity contribution >= 4 is 15.9 Å². The normalized spacial score (nSPS) is 51.1. The van der Waals surface area contributed by atoms with Crippen LogP contribution in [0.25, 0.3) is 0 Å². The van der Waals surface area contributed by atoms with Gasteiger partial charge in [-0.2, -0.15) is 0 Å². The summed E-state index contributed by atoms with van der Waals surface area (Å²) >= 11 is 3.08. The second kappa shape index (κ2) is 7.54. The fourth-order valence-corrected chi connectivity index (χ4v) is 3.14. The summed E-state index contributed by atoms with van der Waals surface area (Å²) in [6.45, 7) is -1.55. The molecule has 2 aliphatic heterocycles. The van der Waals surface area contributed by atoms with Gasteiger partial charge in [0.15, 0.2) is 6.29 Å². The van der Waals surface area contributed by atoms with E-state index in [1.165, 1.54) is 0 Å².